The second-order valence-electron chi connectivity index (χ2n) is 3.00. The minimum atomic E-state index is -0.873. The van der Waals surface area contributed by atoms with Gasteiger partial charge in [-0.05, 0) is 0 Å². The molecule has 2 rings (SSSR count). The molecule has 5 heteroatoms. The summed E-state index contributed by atoms with van der Waals surface area (Å²) in [6.07, 6.45) is -1.60. The van der Waals surface area contributed by atoms with E-state index < -0.39 is 12.2 Å². The first-order chi connectivity index (χ1) is 5.83. The van der Waals surface area contributed by atoms with Gasteiger partial charge in [-0.15, -0.1) is 0 Å². The molecule has 2 N–H and O–H groups in total. The molecule has 0 aliphatic carbocycles. The van der Waals surface area contributed by atoms with Crippen LogP contribution in [0.3, 0.4) is 0 Å². The topological polar surface area (TPSA) is 68.2 Å². The standard InChI is InChI=1S/C7H12O5/c8-1-4(9)6-7-5(2-10-6)11-3-12-7/h4-9H,1-3H2/t4-,5-,6-,7-/m1/s1. The van der Waals surface area contributed by atoms with Gasteiger partial charge in [0.15, 0.2) is 0 Å². The van der Waals surface area contributed by atoms with Crippen LogP contribution in [0.5, 0.6) is 0 Å². The molecule has 0 saturated carbocycles. The smallest absolute Gasteiger partial charge is 0.147 e. The second-order valence-corrected chi connectivity index (χ2v) is 3.00. The van der Waals surface area contributed by atoms with E-state index in [-0.39, 0.29) is 25.6 Å². The van der Waals surface area contributed by atoms with Crippen LogP contribution in [0.1, 0.15) is 0 Å². The van der Waals surface area contributed by atoms with E-state index in [4.69, 9.17) is 19.3 Å². The van der Waals surface area contributed by atoms with Crippen LogP contribution in [-0.2, 0) is 14.2 Å². The molecule has 4 atom stereocenters. The third-order valence-electron chi connectivity index (χ3n) is 2.25. The van der Waals surface area contributed by atoms with Crippen molar-refractivity contribution in [3.8, 4) is 0 Å². The van der Waals surface area contributed by atoms with Gasteiger partial charge in [-0.25, -0.2) is 0 Å². The van der Waals surface area contributed by atoms with Crippen molar-refractivity contribution in [3.63, 3.8) is 0 Å². The number of aliphatic hydroxyl groups excluding tert-OH is 2. The first-order valence-electron chi connectivity index (χ1n) is 3.96. The van der Waals surface area contributed by atoms with Crippen molar-refractivity contribution in [2.45, 2.75) is 24.4 Å². The highest BCUT2D eigenvalue weighted by Gasteiger charge is 2.45. The maximum atomic E-state index is 9.29. The summed E-state index contributed by atoms with van der Waals surface area (Å²) in [5, 5.41) is 18.0. The van der Waals surface area contributed by atoms with Gasteiger partial charge in [0.2, 0.25) is 0 Å². The van der Waals surface area contributed by atoms with Crippen LogP contribution in [0, 0.1) is 0 Å². The predicted octanol–water partition coefficient (Wildman–Crippen LogP) is -1.52. The third kappa shape index (κ3) is 1.23. The molecule has 0 aromatic rings. The zero-order valence-corrected chi connectivity index (χ0v) is 6.55. The van der Waals surface area contributed by atoms with Crippen molar-refractivity contribution in [1.29, 1.82) is 0 Å². The summed E-state index contributed by atoms with van der Waals surface area (Å²) in [6, 6.07) is 0. The Labute approximate surface area is 69.8 Å². The first kappa shape index (κ1) is 8.40. The van der Waals surface area contributed by atoms with Crippen molar-refractivity contribution < 1.29 is 24.4 Å². The Balaban J connectivity index is 1.99. The predicted molar refractivity (Wildman–Crippen MR) is 37.4 cm³/mol. The van der Waals surface area contributed by atoms with E-state index in [9.17, 15) is 5.11 Å². The molecule has 0 aromatic carbocycles. The average molecular weight is 176 g/mol. The zero-order valence-electron chi connectivity index (χ0n) is 6.55. The average Bonchev–Trinajstić information content (AvgIpc) is 2.62. The van der Waals surface area contributed by atoms with Crippen LogP contribution in [0.15, 0.2) is 0 Å². The molecule has 2 aliphatic rings. The fourth-order valence-corrected chi connectivity index (χ4v) is 1.59. The third-order valence-corrected chi connectivity index (χ3v) is 2.25. The van der Waals surface area contributed by atoms with E-state index in [0.717, 1.165) is 0 Å². The molecule has 70 valence electrons. The largest absolute Gasteiger partial charge is 0.394 e. The number of fused-ring (bicyclic) bond motifs is 1. The Morgan fingerprint density at radius 2 is 2.17 bits per heavy atom. The number of aliphatic hydroxyl groups is 2. The highest BCUT2D eigenvalue weighted by molar-refractivity contribution is 4.91. The summed E-state index contributed by atoms with van der Waals surface area (Å²) in [5.74, 6) is 0. The highest BCUT2D eigenvalue weighted by Crippen LogP contribution is 2.27. The minimum absolute atomic E-state index is 0.0730. The van der Waals surface area contributed by atoms with Crippen molar-refractivity contribution in [3.05, 3.63) is 0 Å². The summed E-state index contributed by atoms with van der Waals surface area (Å²) in [7, 11) is 0. The molecular weight excluding hydrogens is 164 g/mol. The number of rotatable bonds is 2. The normalized spacial score (nSPS) is 43.0. The molecule has 0 bridgehead atoms. The lowest BCUT2D eigenvalue weighted by Gasteiger charge is -2.19. The Kier molecular flexibility index (Phi) is 2.29. The van der Waals surface area contributed by atoms with E-state index in [1.807, 2.05) is 0 Å². The van der Waals surface area contributed by atoms with Gasteiger partial charge in [0.1, 0.15) is 31.2 Å². The summed E-state index contributed by atoms with van der Waals surface area (Å²) >= 11 is 0. The van der Waals surface area contributed by atoms with Gasteiger partial charge < -0.3 is 24.4 Å². The second kappa shape index (κ2) is 3.27. The Hall–Kier alpha value is -0.200. The zero-order chi connectivity index (χ0) is 8.55. The summed E-state index contributed by atoms with van der Waals surface area (Å²) in [6.45, 7) is 0.386. The van der Waals surface area contributed by atoms with Gasteiger partial charge in [0.05, 0.1) is 13.2 Å². The number of hydrogen-bond acceptors (Lipinski definition) is 5. The molecule has 0 unspecified atom stereocenters. The van der Waals surface area contributed by atoms with Gasteiger partial charge in [0.25, 0.3) is 0 Å². The van der Waals surface area contributed by atoms with E-state index in [1.165, 1.54) is 0 Å². The fourth-order valence-electron chi connectivity index (χ4n) is 1.59. The van der Waals surface area contributed by atoms with Gasteiger partial charge in [0, 0.05) is 0 Å². The lowest BCUT2D eigenvalue weighted by molar-refractivity contribution is -0.0943. The van der Waals surface area contributed by atoms with Crippen LogP contribution in [0.25, 0.3) is 0 Å². The van der Waals surface area contributed by atoms with Crippen molar-refractivity contribution >= 4 is 0 Å². The van der Waals surface area contributed by atoms with Gasteiger partial charge in [-0.3, -0.25) is 0 Å². The molecule has 0 radical (unpaired) electrons. The molecule has 2 fully saturated rings. The number of hydrogen-bond donors (Lipinski definition) is 2. The summed E-state index contributed by atoms with van der Waals surface area (Å²) in [4.78, 5) is 0. The van der Waals surface area contributed by atoms with E-state index >= 15 is 0 Å². The number of ether oxygens (including phenoxy) is 3. The van der Waals surface area contributed by atoms with Crippen LogP contribution in [0.2, 0.25) is 0 Å². The van der Waals surface area contributed by atoms with Crippen LogP contribution in [0.4, 0.5) is 0 Å². The molecule has 12 heavy (non-hydrogen) atoms. The summed E-state index contributed by atoms with van der Waals surface area (Å²) < 4.78 is 15.6. The molecule has 0 aromatic heterocycles. The molecule has 0 amide bonds. The van der Waals surface area contributed by atoms with Gasteiger partial charge >= 0.3 is 0 Å². The summed E-state index contributed by atoms with van der Waals surface area (Å²) in [5.41, 5.74) is 0. The lowest BCUT2D eigenvalue weighted by atomic mass is 10.1. The SMILES string of the molecule is OC[C@@H](O)[C@H]1OC[C@H]2OCO[C@@H]12. The highest BCUT2D eigenvalue weighted by atomic mass is 16.7. The van der Waals surface area contributed by atoms with E-state index in [0.29, 0.717) is 6.61 Å². The molecule has 2 saturated heterocycles. The van der Waals surface area contributed by atoms with Crippen molar-refractivity contribution in [2.24, 2.45) is 0 Å². The van der Waals surface area contributed by atoms with Gasteiger partial charge in [-0.2, -0.15) is 0 Å². The molecular formula is C7H12O5. The fraction of sp³-hybridized carbons (Fsp3) is 1.00. The quantitative estimate of drug-likeness (QED) is 0.535. The minimum Gasteiger partial charge on any atom is -0.394 e. The molecule has 2 heterocycles. The van der Waals surface area contributed by atoms with Gasteiger partial charge in [-0.1, -0.05) is 0 Å². The monoisotopic (exact) mass is 176 g/mol. The lowest BCUT2D eigenvalue weighted by Crippen LogP contribution is -2.39. The Morgan fingerprint density at radius 3 is 2.92 bits per heavy atom. The van der Waals surface area contributed by atoms with Crippen LogP contribution in [-0.4, -0.2) is 54.6 Å². The maximum Gasteiger partial charge on any atom is 0.147 e. The van der Waals surface area contributed by atoms with Crippen molar-refractivity contribution in [2.75, 3.05) is 20.0 Å². The van der Waals surface area contributed by atoms with Crippen LogP contribution < -0.4 is 0 Å². The van der Waals surface area contributed by atoms with E-state index in [2.05, 4.69) is 0 Å². The van der Waals surface area contributed by atoms with Crippen LogP contribution >= 0.6 is 0 Å². The molecule has 5 nitrogen and oxygen atoms in total. The maximum absolute atomic E-state index is 9.29. The Bertz CT molecular complexity index is 162. The van der Waals surface area contributed by atoms with Crippen molar-refractivity contribution in [1.82, 2.24) is 0 Å². The first-order valence-corrected chi connectivity index (χ1v) is 3.96. The Morgan fingerprint density at radius 1 is 1.33 bits per heavy atom. The van der Waals surface area contributed by atoms with E-state index in [1.54, 1.807) is 0 Å². The molecule has 0 spiro atoms. The molecule has 2 aliphatic heterocycles.